The fourth-order valence-electron chi connectivity index (χ4n) is 1.01. The number of carbonyl (C=O) groups excluding carboxylic acids is 1. The molecule has 0 rings (SSSR count). The van der Waals surface area contributed by atoms with Crippen molar-refractivity contribution in [2.24, 2.45) is 0 Å². The topological polar surface area (TPSA) is 17.1 Å². The molecule has 0 aliphatic rings. The Balaban J connectivity index is 3.03. The second-order valence-electron chi connectivity index (χ2n) is 3.02. The van der Waals surface area contributed by atoms with E-state index in [0.29, 0.717) is 12.2 Å². The lowest BCUT2D eigenvalue weighted by molar-refractivity contribution is -0.135. The number of unbranched alkanes of at least 4 members (excludes halogenated alkanes) is 3. The first-order valence-corrected chi connectivity index (χ1v) is 5.80. The quantitative estimate of drug-likeness (QED) is 0.467. The van der Waals surface area contributed by atoms with Crippen LogP contribution < -0.4 is 0 Å². The molecule has 0 unspecified atom stereocenters. The van der Waals surface area contributed by atoms with E-state index in [1.165, 1.54) is 11.8 Å². The third-order valence-corrected chi connectivity index (χ3v) is 2.63. The third-order valence-electron chi connectivity index (χ3n) is 1.68. The summed E-state index contributed by atoms with van der Waals surface area (Å²) < 4.78 is 35.1. The molecule has 0 heterocycles. The number of aldehydes is 1. The molecule has 0 aromatic rings. The summed E-state index contributed by atoms with van der Waals surface area (Å²) in [5.74, 6) is 1.35. The largest absolute Gasteiger partial charge is 0.389 e. The maximum absolute atomic E-state index is 11.7. The van der Waals surface area contributed by atoms with Crippen LogP contribution in [0.2, 0.25) is 0 Å². The highest BCUT2D eigenvalue weighted by molar-refractivity contribution is 7.99. The minimum atomic E-state index is -4.01. The molecule has 0 aromatic carbocycles. The first-order valence-electron chi connectivity index (χ1n) is 4.64. The van der Waals surface area contributed by atoms with Crippen LogP contribution >= 0.6 is 11.8 Å². The Hall–Kier alpha value is -0.190. The molecule has 14 heavy (non-hydrogen) atoms. The Morgan fingerprint density at radius 1 is 1.07 bits per heavy atom. The number of hydrogen-bond donors (Lipinski definition) is 0. The summed E-state index contributed by atoms with van der Waals surface area (Å²) in [5, 5.41) is 0. The third kappa shape index (κ3) is 11.8. The molecule has 0 fully saturated rings. The molecular formula is C9H15F3OS. The Morgan fingerprint density at radius 3 is 2.29 bits per heavy atom. The maximum Gasteiger partial charge on any atom is 0.389 e. The van der Waals surface area contributed by atoms with Crippen LogP contribution in [0.5, 0.6) is 0 Å². The van der Waals surface area contributed by atoms with Crippen LogP contribution in [0.1, 0.15) is 32.1 Å². The van der Waals surface area contributed by atoms with E-state index in [4.69, 9.17) is 0 Å². The molecule has 1 nitrogen and oxygen atoms in total. The first kappa shape index (κ1) is 13.8. The van der Waals surface area contributed by atoms with Gasteiger partial charge in [-0.2, -0.15) is 24.9 Å². The SMILES string of the molecule is O=CCSCCCCCCC(F)(F)F. The van der Waals surface area contributed by atoms with Gasteiger partial charge in [-0.15, -0.1) is 0 Å². The van der Waals surface area contributed by atoms with Crippen molar-refractivity contribution in [2.45, 2.75) is 38.3 Å². The number of hydrogen-bond acceptors (Lipinski definition) is 2. The summed E-state index contributed by atoms with van der Waals surface area (Å²) in [6, 6.07) is 0. The predicted molar refractivity (Wildman–Crippen MR) is 52.5 cm³/mol. The average Bonchev–Trinajstić information content (AvgIpc) is 2.08. The van der Waals surface area contributed by atoms with Crippen molar-refractivity contribution < 1.29 is 18.0 Å². The molecule has 0 saturated heterocycles. The Kier molecular flexibility index (Phi) is 8.04. The lowest BCUT2D eigenvalue weighted by Crippen LogP contribution is -2.06. The lowest BCUT2D eigenvalue weighted by Gasteiger charge is -2.05. The summed E-state index contributed by atoms with van der Waals surface area (Å²) in [6.45, 7) is 0. The van der Waals surface area contributed by atoms with E-state index < -0.39 is 12.6 Å². The minimum Gasteiger partial charge on any atom is -0.302 e. The molecule has 0 saturated carbocycles. The monoisotopic (exact) mass is 228 g/mol. The van der Waals surface area contributed by atoms with Crippen LogP contribution in [-0.4, -0.2) is 24.0 Å². The number of carbonyl (C=O) groups is 1. The summed E-state index contributed by atoms with van der Waals surface area (Å²) in [4.78, 5) is 9.90. The molecule has 0 atom stereocenters. The molecule has 0 spiro atoms. The summed E-state index contributed by atoms with van der Waals surface area (Å²) in [5.41, 5.74) is 0. The molecular weight excluding hydrogens is 213 g/mol. The standard InChI is InChI=1S/C9H15F3OS/c10-9(11,12)5-3-1-2-4-7-14-8-6-13/h6H,1-5,7-8H2. The highest BCUT2D eigenvalue weighted by atomic mass is 32.2. The van der Waals surface area contributed by atoms with Gasteiger partial charge in [0.2, 0.25) is 0 Å². The highest BCUT2D eigenvalue weighted by Gasteiger charge is 2.25. The molecule has 0 amide bonds. The van der Waals surface area contributed by atoms with Gasteiger partial charge in [-0.1, -0.05) is 12.8 Å². The summed E-state index contributed by atoms with van der Waals surface area (Å²) in [6.07, 6.45) is -1.27. The van der Waals surface area contributed by atoms with Crippen molar-refractivity contribution >= 4 is 18.0 Å². The van der Waals surface area contributed by atoms with Gasteiger partial charge in [0, 0.05) is 12.2 Å². The highest BCUT2D eigenvalue weighted by Crippen LogP contribution is 2.22. The molecule has 5 heteroatoms. The van der Waals surface area contributed by atoms with Gasteiger partial charge in [0.1, 0.15) is 6.29 Å². The fraction of sp³-hybridized carbons (Fsp3) is 0.889. The van der Waals surface area contributed by atoms with E-state index in [1.54, 1.807) is 0 Å². The zero-order valence-electron chi connectivity index (χ0n) is 7.98. The summed E-state index contributed by atoms with van der Waals surface area (Å²) in [7, 11) is 0. The first-order chi connectivity index (χ1) is 6.56. The molecule has 0 radical (unpaired) electrons. The molecule has 0 bridgehead atoms. The zero-order valence-corrected chi connectivity index (χ0v) is 8.79. The van der Waals surface area contributed by atoms with E-state index >= 15 is 0 Å². The number of rotatable bonds is 8. The van der Waals surface area contributed by atoms with Gasteiger partial charge in [-0.3, -0.25) is 0 Å². The average molecular weight is 228 g/mol. The summed E-state index contributed by atoms with van der Waals surface area (Å²) >= 11 is 1.53. The smallest absolute Gasteiger partial charge is 0.302 e. The molecule has 0 N–H and O–H groups in total. The van der Waals surface area contributed by atoms with E-state index in [2.05, 4.69) is 0 Å². The van der Waals surface area contributed by atoms with E-state index in [1.807, 2.05) is 0 Å². The van der Waals surface area contributed by atoms with Crippen molar-refractivity contribution in [3.63, 3.8) is 0 Å². The minimum absolute atomic E-state index is 0.224. The molecule has 0 aliphatic heterocycles. The van der Waals surface area contributed by atoms with Gasteiger partial charge in [-0.25, -0.2) is 0 Å². The van der Waals surface area contributed by atoms with Crippen molar-refractivity contribution in [3.8, 4) is 0 Å². The Morgan fingerprint density at radius 2 is 1.71 bits per heavy atom. The number of halogens is 3. The van der Waals surface area contributed by atoms with Gasteiger partial charge in [0.05, 0.1) is 0 Å². The van der Waals surface area contributed by atoms with Crippen LogP contribution in [0.4, 0.5) is 13.2 Å². The number of thioether (sulfide) groups is 1. The van der Waals surface area contributed by atoms with Gasteiger partial charge in [0.25, 0.3) is 0 Å². The van der Waals surface area contributed by atoms with E-state index in [9.17, 15) is 18.0 Å². The normalized spacial score (nSPS) is 11.6. The van der Waals surface area contributed by atoms with Gasteiger partial charge in [-0.05, 0) is 18.6 Å². The van der Waals surface area contributed by atoms with Crippen molar-refractivity contribution in [3.05, 3.63) is 0 Å². The van der Waals surface area contributed by atoms with Crippen LogP contribution in [0, 0.1) is 0 Å². The van der Waals surface area contributed by atoms with Crippen LogP contribution in [0.3, 0.4) is 0 Å². The van der Waals surface area contributed by atoms with Gasteiger partial charge >= 0.3 is 6.18 Å². The van der Waals surface area contributed by atoms with Crippen molar-refractivity contribution in [1.82, 2.24) is 0 Å². The second kappa shape index (κ2) is 8.15. The van der Waals surface area contributed by atoms with Crippen LogP contribution in [-0.2, 0) is 4.79 Å². The van der Waals surface area contributed by atoms with E-state index in [0.717, 1.165) is 24.9 Å². The van der Waals surface area contributed by atoms with Crippen molar-refractivity contribution in [1.29, 1.82) is 0 Å². The number of alkyl halides is 3. The Bertz CT molecular complexity index is 147. The molecule has 0 aromatic heterocycles. The maximum atomic E-state index is 11.7. The fourth-order valence-corrected chi connectivity index (χ4v) is 1.69. The van der Waals surface area contributed by atoms with Gasteiger partial charge in [0.15, 0.2) is 0 Å². The second-order valence-corrected chi connectivity index (χ2v) is 4.17. The zero-order chi connectivity index (χ0) is 10.9. The predicted octanol–water partition coefficient (Wildman–Crippen LogP) is 3.43. The Labute approximate surface area is 86.4 Å². The molecule has 84 valence electrons. The van der Waals surface area contributed by atoms with Crippen molar-refractivity contribution in [2.75, 3.05) is 11.5 Å². The lowest BCUT2D eigenvalue weighted by atomic mass is 10.1. The van der Waals surface area contributed by atoms with E-state index in [-0.39, 0.29) is 6.42 Å². The van der Waals surface area contributed by atoms with Crippen LogP contribution in [0.25, 0.3) is 0 Å². The van der Waals surface area contributed by atoms with Crippen LogP contribution in [0.15, 0.2) is 0 Å². The van der Waals surface area contributed by atoms with Gasteiger partial charge < -0.3 is 4.79 Å². The molecule has 0 aliphatic carbocycles.